The van der Waals surface area contributed by atoms with Gasteiger partial charge in [0.2, 0.25) is 5.28 Å². The van der Waals surface area contributed by atoms with Crippen LogP contribution in [0, 0.1) is 0 Å². The third-order valence-corrected chi connectivity index (χ3v) is 4.76. The number of fused-ring (bicyclic) bond motifs is 1. The quantitative estimate of drug-likeness (QED) is 0.851. The second kappa shape index (κ2) is 6.72. The average Bonchev–Trinajstić information content (AvgIpc) is 2.95. The van der Waals surface area contributed by atoms with Crippen LogP contribution in [-0.2, 0) is 9.47 Å². The highest BCUT2D eigenvalue weighted by atomic mass is 35.5. The second-order valence-electron chi connectivity index (χ2n) is 5.21. The van der Waals surface area contributed by atoms with Gasteiger partial charge >= 0.3 is 0 Å². The lowest BCUT2D eigenvalue weighted by Gasteiger charge is -2.18. The van der Waals surface area contributed by atoms with Crippen LogP contribution in [0.5, 0.6) is 0 Å². The Balaban J connectivity index is 1.99. The lowest BCUT2D eigenvalue weighted by molar-refractivity contribution is -0.0635. The van der Waals surface area contributed by atoms with Gasteiger partial charge in [0.25, 0.3) is 0 Å². The van der Waals surface area contributed by atoms with Crippen LogP contribution in [0.2, 0.25) is 15.3 Å². The van der Waals surface area contributed by atoms with Gasteiger partial charge in [-0.25, -0.2) is 4.98 Å². The molecule has 1 aliphatic rings. The van der Waals surface area contributed by atoms with Crippen molar-refractivity contribution >= 4 is 45.8 Å². The first-order valence-corrected chi connectivity index (χ1v) is 8.19. The predicted molar refractivity (Wildman–Crippen MR) is 87.2 cm³/mol. The summed E-state index contributed by atoms with van der Waals surface area (Å²) in [6, 6.07) is 3.17. The maximum atomic E-state index is 10.3. The molecule has 0 radical (unpaired) electrons. The number of nitrogens with zero attached hydrogens (tertiary/aromatic N) is 2. The summed E-state index contributed by atoms with van der Waals surface area (Å²) in [5.41, 5.74) is 1.07. The van der Waals surface area contributed by atoms with E-state index >= 15 is 0 Å². The van der Waals surface area contributed by atoms with Gasteiger partial charge in [-0.05, 0) is 30.7 Å². The number of aliphatic hydroxyl groups is 2. The number of halogens is 3. The fourth-order valence-electron chi connectivity index (χ4n) is 2.62. The van der Waals surface area contributed by atoms with Crippen LogP contribution in [0.4, 0.5) is 0 Å². The minimum atomic E-state index is -1.18. The van der Waals surface area contributed by atoms with Crippen molar-refractivity contribution < 1.29 is 19.7 Å². The number of hydrogen-bond acceptors (Lipinski definition) is 5. The summed E-state index contributed by atoms with van der Waals surface area (Å²) in [4.78, 5) is 4.19. The highest BCUT2D eigenvalue weighted by Gasteiger charge is 2.44. The SMILES string of the molecule is CCOC[C@H]1O[C@@H](n2c(Cl)nc3cc(Cl)c(Cl)cc32)[C@H](O)[C@@H]1O. The van der Waals surface area contributed by atoms with Gasteiger partial charge in [-0.3, -0.25) is 4.57 Å². The van der Waals surface area contributed by atoms with E-state index in [1.54, 1.807) is 12.1 Å². The maximum absolute atomic E-state index is 10.3. The molecule has 126 valence electrons. The van der Waals surface area contributed by atoms with Gasteiger partial charge in [0.15, 0.2) is 6.23 Å². The molecule has 9 heteroatoms. The summed E-state index contributed by atoms with van der Waals surface area (Å²) in [5.74, 6) is 0. The van der Waals surface area contributed by atoms with Gasteiger partial charge in [-0.2, -0.15) is 0 Å². The number of aliphatic hydroxyl groups excluding tert-OH is 2. The van der Waals surface area contributed by atoms with Crippen LogP contribution in [0.1, 0.15) is 13.2 Å². The number of benzene rings is 1. The molecule has 0 amide bonds. The van der Waals surface area contributed by atoms with Gasteiger partial charge in [0.1, 0.15) is 18.3 Å². The summed E-state index contributed by atoms with van der Waals surface area (Å²) in [7, 11) is 0. The molecule has 2 aromatic rings. The molecule has 0 bridgehead atoms. The summed E-state index contributed by atoms with van der Waals surface area (Å²) in [5, 5.41) is 21.2. The van der Waals surface area contributed by atoms with Crippen LogP contribution in [-0.4, -0.2) is 51.3 Å². The van der Waals surface area contributed by atoms with Crippen LogP contribution in [0.25, 0.3) is 11.0 Å². The predicted octanol–water partition coefficient (Wildman–Crippen LogP) is 2.65. The number of imidazole rings is 1. The zero-order valence-electron chi connectivity index (χ0n) is 12.1. The Bertz CT molecular complexity index is 724. The molecule has 1 aromatic heterocycles. The molecule has 0 unspecified atom stereocenters. The lowest BCUT2D eigenvalue weighted by Crippen LogP contribution is -2.33. The first-order chi connectivity index (χ1) is 10.9. The standard InChI is InChI=1S/C14H15Cl3N2O4/c1-2-22-5-10-11(20)12(21)13(23-10)19-9-4-7(16)6(15)3-8(9)18-14(19)17/h3-4,10-13,20-21H,2,5H2,1H3/t10-,11-,12-,13-/m1/s1. The average molecular weight is 382 g/mol. The highest BCUT2D eigenvalue weighted by Crippen LogP contribution is 2.37. The molecule has 3 rings (SSSR count). The number of aromatic nitrogens is 2. The van der Waals surface area contributed by atoms with E-state index in [4.69, 9.17) is 44.3 Å². The largest absolute Gasteiger partial charge is 0.387 e. The zero-order chi connectivity index (χ0) is 16.7. The van der Waals surface area contributed by atoms with E-state index in [9.17, 15) is 10.2 Å². The van der Waals surface area contributed by atoms with Gasteiger partial charge in [0.05, 0.1) is 27.7 Å². The molecule has 2 heterocycles. The number of hydrogen-bond donors (Lipinski definition) is 2. The van der Waals surface area contributed by atoms with Gasteiger partial charge in [-0.1, -0.05) is 23.2 Å². The Labute approximate surface area is 147 Å². The molecule has 2 N–H and O–H groups in total. The molecule has 1 fully saturated rings. The first kappa shape index (κ1) is 17.2. The Kier molecular flexibility index (Phi) is 5.04. The fourth-order valence-corrected chi connectivity index (χ4v) is 3.21. The number of ether oxygens (including phenoxy) is 2. The monoisotopic (exact) mass is 380 g/mol. The third kappa shape index (κ3) is 3.05. The van der Waals surface area contributed by atoms with Crippen molar-refractivity contribution in [1.82, 2.24) is 9.55 Å². The zero-order valence-corrected chi connectivity index (χ0v) is 14.4. The molecular formula is C14H15Cl3N2O4. The van der Waals surface area contributed by atoms with Gasteiger partial charge in [-0.15, -0.1) is 0 Å². The Morgan fingerprint density at radius 3 is 2.61 bits per heavy atom. The fraction of sp³-hybridized carbons (Fsp3) is 0.500. The Morgan fingerprint density at radius 1 is 1.22 bits per heavy atom. The molecule has 0 spiro atoms. The molecule has 6 nitrogen and oxygen atoms in total. The topological polar surface area (TPSA) is 76.7 Å². The van der Waals surface area contributed by atoms with Crippen LogP contribution < -0.4 is 0 Å². The molecule has 1 aromatic carbocycles. The van der Waals surface area contributed by atoms with E-state index in [1.165, 1.54) is 4.57 Å². The molecule has 1 saturated heterocycles. The maximum Gasteiger partial charge on any atom is 0.206 e. The van der Waals surface area contributed by atoms with Crippen molar-refractivity contribution in [3.05, 3.63) is 27.5 Å². The highest BCUT2D eigenvalue weighted by molar-refractivity contribution is 6.42. The van der Waals surface area contributed by atoms with Crippen LogP contribution in [0.3, 0.4) is 0 Å². The molecule has 23 heavy (non-hydrogen) atoms. The van der Waals surface area contributed by atoms with Gasteiger partial charge < -0.3 is 19.7 Å². The molecule has 0 aliphatic carbocycles. The van der Waals surface area contributed by atoms with E-state index in [-0.39, 0.29) is 11.9 Å². The molecule has 4 atom stereocenters. The van der Waals surface area contributed by atoms with E-state index in [0.29, 0.717) is 27.7 Å². The molecule has 0 saturated carbocycles. The van der Waals surface area contributed by atoms with Crippen molar-refractivity contribution in [3.8, 4) is 0 Å². The second-order valence-corrected chi connectivity index (χ2v) is 6.36. The molecule has 1 aliphatic heterocycles. The minimum Gasteiger partial charge on any atom is -0.387 e. The van der Waals surface area contributed by atoms with Crippen LogP contribution >= 0.6 is 34.8 Å². The van der Waals surface area contributed by atoms with E-state index < -0.39 is 24.5 Å². The van der Waals surface area contributed by atoms with Crippen molar-refractivity contribution in [2.24, 2.45) is 0 Å². The minimum absolute atomic E-state index is 0.103. The smallest absolute Gasteiger partial charge is 0.206 e. The normalized spacial score (nSPS) is 27.9. The van der Waals surface area contributed by atoms with Crippen LogP contribution in [0.15, 0.2) is 12.1 Å². The van der Waals surface area contributed by atoms with Crippen molar-refractivity contribution in [2.45, 2.75) is 31.5 Å². The summed E-state index contributed by atoms with van der Waals surface area (Å²) in [6.45, 7) is 2.49. The van der Waals surface area contributed by atoms with Crippen molar-refractivity contribution in [2.75, 3.05) is 13.2 Å². The lowest BCUT2D eigenvalue weighted by atomic mass is 10.1. The summed E-state index contributed by atoms with van der Waals surface area (Å²) < 4.78 is 12.5. The third-order valence-electron chi connectivity index (χ3n) is 3.77. The van der Waals surface area contributed by atoms with Crippen molar-refractivity contribution in [3.63, 3.8) is 0 Å². The number of rotatable bonds is 4. The van der Waals surface area contributed by atoms with Crippen molar-refractivity contribution in [1.29, 1.82) is 0 Å². The Hall–Kier alpha value is -0.600. The molecular weight excluding hydrogens is 367 g/mol. The van der Waals surface area contributed by atoms with E-state index in [2.05, 4.69) is 4.98 Å². The summed E-state index contributed by atoms with van der Waals surface area (Å²) >= 11 is 18.2. The summed E-state index contributed by atoms with van der Waals surface area (Å²) in [6.07, 6.45) is -3.83. The first-order valence-electron chi connectivity index (χ1n) is 7.05. The van der Waals surface area contributed by atoms with Gasteiger partial charge in [0, 0.05) is 6.61 Å². The van der Waals surface area contributed by atoms with E-state index in [1.807, 2.05) is 6.92 Å². The Morgan fingerprint density at radius 2 is 1.91 bits per heavy atom. The van der Waals surface area contributed by atoms with E-state index in [0.717, 1.165) is 0 Å².